The summed E-state index contributed by atoms with van der Waals surface area (Å²) in [5, 5.41) is 16.3. The lowest BCUT2D eigenvalue weighted by molar-refractivity contribution is -0.122. The van der Waals surface area contributed by atoms with Crippen LogP contribution >= 0.6 is 11.6 Å². The second-order valence-electron chi connectivity index (χ2n) is 8.80. The zero-order chi connectivity index (χ0) is 25.2. The number of halogens is 1. The summed E-state index contributed by atoms with van der Waals surface area (Å²) in [5.41, 5.74) is 0.615. The number of fused-ring (bicyclic) bond motifs is 1. The molecule has 1 unspecified atom stereocenters. The number of hydrogen-bond acceptors (Lipinski definition) is 8. The number of anilines is 3. The Morgan fingerprint density at radius 2 is 2.17 bits per heavy atom. The van der Waals surface area contributed by atoms with Gasteiger partial charge in [0, 0.05) is 38.3 Å². The Labute approximate surface area is 207 Å². The number of carbonyl (C=O) groups is 1. The average molecular weight is 496 g/mol. The fraction of sp³-hybridized carbons (Fsp3) is 0.375. The second kappa shape index (κ2) is 9.80. The molecule has 3 heterocycles. The molecule has 2 N–H and O–H groups in total. The number of carbonyl (C=O) groups excluding carboxylic acids is 1. The quantitative estimate of drug-likeness (QED) is 0.534. The number of aryl methyl sites for hydroxylation is 1. The summed E-state index contributed by atoms with van der Waals surface area (Å²) in [6, 6.07) is 9.47. The van der Waals surface area contributed by atoms with Crippen molar-refractivity contribution in [3.05, 3.63) is 45.8 Å². The fourth-order valence-corrected chi connectivity index (χ4v) is 4.22. The predicted molar refractivity (Wildman–Crippen MR) is 134 cm³/mol. The molecule has 11 heteroatoms. The van der Waals surface area contributed by atoms with Gasteiger partial charge in [-0.3, -0.25) is 9.59 Å². The lowest BCUT2D eigenvalue weighted by atomic mass is 9.84. The maximum Gasteiger partial charge on any atom is 0.293 e. The van der Waals surface area contributed by atoms with E-state index in [-0.39, 0.29) is 23.8 Å². The van der Waals surface area contributed by atoms with Crippen molar-refractivity contribution in [2.45, 2.75) is 19.8 Å². The van der Waals surface area contributed by atoms with Crippen molar-refractivity contribution in [2.75, 3.05) is 37.0 Å². The summed E-state index contributed by atoms with van der Waals surface area (Å²) in [6.07, 6.45) is 3.26. The van der Waals surface area contributed by atoms with Crippen molar-refractivity contribution in [1.29, 1.82) is 5.26 Å². The summed E-state index contributed by atoms with van der Waals surface area (Å²) in [5.74, 6) is 0.682. The molecule has 182 valence electrons. The number of nitrogens with one attached hydrogen (secondary N) is 2. The first-order chi connectivity index (χ1) is 16.7. The maximum atomic E-state index is 12.6. The van der Waals surface area contributed by atoms with Crippen molar-refractivity contribution >= 4 is 45.9 Å². The Balaban J connectivity index is 1.62. The molecule has 1 atom stereocenters. The van der Waals surface area contributed by atoms with Gasteiger partial charge in [0.05, 0.1) is 23.2 Å². The Hall–Kier alpha value is -3.84. The minimum Gasteiger partial charge on any atom is -0.478 e. The smallest absolute Gasteiger partial charge is 0.293 e. The topological polar surface area (TPSA) is 125 Å². The van der Waals surface area contributed by atoms with Crippen LogP contribution in [-0.2, 0) is 11.8 Å². The van der Waals surface area contributed by atoms with Crippen LogP contribution in [0.4, 0.5) is 17.5 Å². The zero-order valence-electron chi connectivity index (χ0n) is 19.8. The Kier molecular flexibility index (Phi) is 6.80. The summed E-state index contributed by atoms with van der Waals surface area (Å²) >= 11 is 6.38. The summed E-state index contributed by atoms with van der Waals surface area (Å²) in [4.78, 5) is 35.1. The van der Waals surface area contributed by atoms with Gasteiger partial charge >= 0.3 is 0 Å². The van der Waals surface area contributed by atoms with Gasteiger partial charge in [-0.15, -0.1) is 0 Å². The van der Waals surface area contributed by atoms with Crippen LogP contribution < -0.4 is 25.8 Å². The van der Waals surface area contributed by atoms with Crippen LogP contribution in [0.25, 0.3) is 10.9 Å². The van der Waals surface area contributed by atoms with E-state index in [4.69, 9.17) is 16.3 Å². The van der Waals surface area contributed by atoms with Crippen molar-refractivity contribution in [1.82, 2.24) is 19.9 Å². The van der Waals surface area contributed by atoms with Gasteiger partial charge in [0.1, 0.15) is 5.02 Å². The third-order valence-corrected chi connectivity index (χ3v) is 6.35. The van der Waals surface area contributed by atoms with Crippen molar-refractivity contribution in [3.63, 3.8) is 0 Å². The van der Waals surface area contributed by atoms with Gasteiger partial charge in [-0.25, -0.2) is 4.98 Å². The van der Waals surface area contributed by atoms with E-state index in [9.17, 15) is 14.9 Å². The highest BCUT2D eigenvalue weighted by atomic mass is 35.5. The molecular weight excluding hydrogens is 470 g/mol. The molecule has 1 saturated heterocycles. The van der Waals surface area contributed by atoms with Gasteiger partial charge in [-0.1, -0.05) is 11.6 Å². The van der Waals surface area contributed by atoms with Gasteiger partial charge < -0.3 is 24.8 Å². The molecule has 1 amide bonds. The molecule has 0 spiro atoms. The van der Waals surface area contributed by atoms with Gasteiger partial charge in [0.2, 0.25) is 5.95 Å². The number of ether oxygens (including phenoxy) is 1. The van der Waals surface area contributed by atoms with E-state index in [1.165, 1.54) is 11.6 Å². The maximum absolute atomic E-state index is 12.6. The minimum atomic E-state index is -0.444. The number of piperidine rings is 1. The van der Waals surface area contributed by atoms with Gasteiger partial charge in [-0.05, 0) is 44.0 Å². The number of benzene rings is 1. The minimum absolute atomic E-state index is 0.0775. The van der Waals surface area contributed by atoms with Crippen LogP contribution in [0.3, 0.4) is 0 Å². The highest BCUT2D eigenvalue weighted by molar-refractivity contribution is 6.32. The first-order valence-corrected chi connectivity index (χ1v) is 11.5. The molecule has 3 aromatic rings. The predicted octanol–water partition coefficient (Wildman–Crippen LogP) is 2.98. The fourth-order valence-electron chi connectivity index (χ4n) is 4.09. The SMILES string of the molecule is CNC(=O)COc1cc2cc(Nc3nc(N4CCCC(C)(C#N)C4)ncc3Cl)ccc2n(C)c1=O. The number of likely N-dealkylation sites (N-methyl/N-ethyl adjacent to an activating group) is 1. The Morgan fingerprint density at radius 3 is 2.91 bits per heavy atom. The Bertz CT molecular complexity index is 1380. The molecule has 4 rings (SSSR count). The molecule has 0 radical (unpaired) electrons. The third-order valence-electron chi connectivity index (χ3n) is 6.07. The zero-order valence-corrected chi connectivity index (χ0v) is 20.5. The lowest BCUT2D eigenvalue weighted by Gasteiger charge is -2.36. The largest absolute Gasteiger partial charge is 0.478 e. The number of amides is 1. The molecule has 0 bridgehead atoms. The number of hydrogen-bond donors (Lipinski definition) is 2. The van der Waals surface area contributed by atoms with Gasteiger partial charge in [0.25, 0.3) is 11.5 Å². The first kappa shape index (κ1) is 24.3. The number of rotatable bonds is 6. The van der Waals surface area contributed by atoms with E-state index in [0.717, 1.165) is 24.8 Å². The van der Waals surface area contributed by atoms with Crippen LogP contribution in [0.2, 0.25) is 5.02 Å². The normalized spacial score (nSPS) is 17.6. The van der Waals surface area contributed by atoms with E-state index in [0.29, 0.717) is 34.5 Å². The highest BCUT2D eigenvalue weighted by Crippen LogP contribution is 2.32. The average Bonchev–Trinajstić information content (AvgIpc) is 2.86. The van der Waals surface area contributed by atoms with E-state index in [1.807, 2.05) is 24.0 Å². The highest BCUT2D eigenvalue weighted by Gasteiger charge is 2.32. The standard InChI is InChI=1S/C24H26ClN7O3/c1-24(13-26)7-4-8-32(14-24)23-28-11-17(25)21(30-23)29-16-5-6-18-15(9-16)10-19(22(34)31(18)3)35-12-20(33)27-2/h5-6,9-11H,4,7-8,12,14H2,1-3H3,(H,27,33)(H,28,29,30). The monoisotopic (exact) mass is 495 g/mol. The van der Waals surface area contributed by atoms with Gasteiger partial charge in [0.15, 0.2) is 18.2 Å². The molecule has 35 heavy (non-hydrogen) atoms. The molecule has 1 aliphatic rings. The van der Waals surface area contributed by atoms with Crippen LogP contribution in [0.15, 0.2) is 35.3 Å². The summed E-state index contributed by atoms with van der Waals surface area (Å²) in [7, 11) is 3.14. The van der Waals surface area contributed by atoms with E-state index >= 15 is 0 Å². The van der Waals surface area contributed by atoms with Crippen LogP contribution in [0.1, 0.15) is 19.8 Å². The Morgan fingerprint density at radius 1 is 1.37 bits per heavy atom. The number of pyridine rings is 1. The molecule has 10 nitrogen and oxygen atoms in total. The first-order valence-electron chi connectivity index (χ1n) is 11.2. The molecule has 1 aliphatic heterocycles. The number of nitriles is 1. The van der Waals surface area contributed by atoms with Crippen molar-refractivity contribution < 1.29 is 9.53 Å². The van der Waals surface area contributed by atoms with Crippen LogP contribution in [0.5, 0.6) is 5.75 Å². The molecular formula is C24H26ClN7O3. The number of aromatic nitrogens is 3. The molecule has 1 aromatic carbocycles. The molecule has 2 aromatic heterocycles. The molecule has 0 saturated carbocycles. The van der Waals surface area contributed by atoms with Crippen molar-refractivity contribution in [3.8, 4) is 11.8 Å². The van der Waals surface area contributed by atoms with Crippen molar-refractivity contribution in [2.24, 2.45) is 12.5 Å². The summed E-state index contributed by atoms with van der Waals surface area (Å²) < 4.78 is 6.90. The van der Waals surface area contributed by atoms with E-state index in [1.54, 1.807) is 25.4 Å². The van der Waals surface area contributed by atoms with Gasteiger partial charge in [-0.2, -0.15) is 10.2 Å². The molecule has 1 fully saturated rings. The number of nitrogens with zero attached hydrogens (tertiary/aromatic N) is 5. The molecule has 0 aliphatic carbocycles. The summed E-state index contributed by atoms with van der Waals surface area (Å²) in [6.45, 7) is 3.01. The van der Waals surface area contributed by atoms with Crippen LogP contribution in [0, 0.1) is 16.7 Å². The van der Waals surface area contributed by atoms with E-state index in [2.05, 4.69) is 26.7 Å². The van der Waals surface area contributed by atoms with E-state index < -0.39 is 5.41 Å². The van der Waals surface area contributed by atoms with Crippen LogP contribution in [-0.4, -0.2) is 47.2 Å². The lowest BCUT2D eigenvalue weighted by Crippen LogP contribution is -2.41. The third kappa shape index (κ3) is 5.15. The second-order valence-corrected chi connectivity index (χ2v) is 9.20.